The lowest BCUT2D eigenvalue weighted by Gasteiger charge is -2.23. The Morgan fingerprint density at radius 1 is 1.47 bits per heavy atom. The van der Waals surface area contributed by atoms with E-state index >= 15 is 0 Å². The summed E-state index contributed by atoms with van der Waals surface area (Å²) in [6.45, 7) is 7.21. The largest absolute Gasteiger partial charge is 0.479 e. The van der Waals surface area contributed by atoms with Crippen LogP contribution in [-0.4, -0.2) is 47.8 Å². The van der Waals surface area contributed by atoms with Gasteiger partial charge in [0.25, 0.3) is 0 Å². The van der Waals surface area contributed by atoms with Crippen LogP contribution < -0.4 is 0 Å². The number of aliphatic carboxylic acids is 1. The molecule has 1 saturated heterocycles. The molecule has 4 heteroatoms. The van der Waals surface area contributed by atoms with E-state index in [-0.39, 0.29) is 6.10 Å². The molecule has 1 fully saturated rings. The van der Waals surface area contributed by atoms with Gasteiger partial charge in [-0.2, -0.15) is 0 Å². The van der Waals surface area contributed by atoms with Crippen molar-refractivity contribution < 1.29 is 14.6 Å². The summed E-state index contributed by atoms with van der Waals surface area (Å²) in [5.41, 5.74) is 0. The fourth-order valence-corrected chi connectivity index (χ4v) is 2.00. The minimum atomic E-state index is -0.823. The zero-order valence-corrected chi connectivity index (χ0v) is 9.61. The van der Waals surface area contributed by atoms with Gasteiger partial charge in [0.2, 0.25) is 0 Å². The Morgan fingerprint density at radius 3 is 2.67 bits per heavy atom. The second-order valence-electron chi connectivity index (χ2n) is 4.06. The van der Waals surface area contributed by atoms with E-state index in [0.29, 0.717) is 6.42 Å². The van der Waals surface area contributed by atoms with Gasteiger partial charge in [-0.1, -0.05) is 13.8 Å². The molecule has 0 saturated carbocycles. The van der Waals surface area contributed by atoms with Gasteiger partial charge in [-0.25, -0.2) is 4.79 Å². The lowest BCUT2D eigenvalue weighted by atomic mass is 10.2. The molecule has 4 nitrogen and oxygen atoms in total. The second-order valence-corrected chi connectivity index (χ2v) is 4.06. The Morgan fingerprint density at radius 2 is 2.20 bits per heavy atom. The summed E-state index contributed by atoms with van der Waals surface area (Å²) in [7, 11) is 0. The zero-order chi connectivity index (χ0) is 11.3. The molecule has 15 heavy (non-hydrogen) atoms. The number of hydrogen-bond donors (Lipinski definition) is 1. The lowest BCUT2D eigenvalue weighted by molar-refractivity contribution is -0.149. The normalized spacial score (nSPS) is 26.1. The molecular formula is C11H21NO3. The van der Waals surface area contributed by atoms with Crippen LogP contribution in [0.5, 0.6) is 0 Å². The van der Waals surface area contributed by atoms with Crippen LogP contribution in [0.15, 0.2) is 0 Å². The number of carboxylic acids is 1. The molecule has 1 heterocycles. The molecule has 1 rings (SSSR count). The highest BCUT2D eigenvalue weighted by molar-refractivity contribution is 5.72. The third-order valence-corrected chi connectivity index (χ3v) is 2.83. The first-order valence-corrected chi connectivity index (χ1v) is 5.78. The van der Waals surface area contributed by atoms with Crippen molar-refractivity contribution in [2.75, 3.05) is 19.6 Å². The summed E-state index contributed by atoms with van der Waals surface area (Å²) in [4.78, 5) is 13.0. The van der Waals surface area contributed by atoms with Crippen LogP contribution >= 0.6 is 0 Å². The summed E-state index contributed by atoms with van der Waals surface area (Å²) in [6, 6.07) is 0. The summed E-state index contributed by atoms with van der Waals surface area (Å²) in [5.74, 6) is -0.823. The number of carbonyl (C=O) groups is 1. The average Bonchev–Trinajstić information content (AvgIpc) is 2.65. The van der Waals surface area contributed by atoms with E-state index in [0.717, 1.165) is 32.5 Å². The van der Waals surface area contributed by atoms with E-state index in [1.165, 1.54) is 0 Å². The van der Waals surface area contributed by atoms with Crippen molar-refractivity contribution in [2.45, 2.75) is 45.3 Å². The maximum atomic E-state index is 10.7. The van der Waals surface area contributed by atoms with Gasteiger partial charge in [0.15, 0.2) is 6.10 Å². The Bertz CT molecular complexity index is 208. The van der Waals surface area contributed by atoms with E-state index in [4.69, 9.17) is 9.84 Å². The van der Waals surface area contributed by atoms with Gasteiger partial charge in [0.1, 0.15) is 0 Å². The van der Waals surface area contributed by atoms with E-state index in [1.807, 2.05) is 0 Å². The molecule has 0 aromatic heterocycles. The molecule has 0 aromatic carbocycles. The molecular weight excluding hydrogens is 194 g/mol. The van der Waals surface area contributed by atoms with Crippen LogP contribution in [0, 0.1) is 0 Å². The van der Waals surface area contributed by atoms with Crippen molar-refractivity contribution in [3.8, 4) is 0 Å². The third kappa shape index (κ3) is 3.80. The van der Waals surface area contributed by atoms with Crippen molar-refractivity contribution in [3.63, 3.8) is 0 Å². The van der Waals surface area contributed by atoms with Crippen molar-refractivity contribution in [1.29, 1.82) is 0 Å². The summed E-state index contributed by atoms with van der Waals surface area (Å²) < 4.78 is 5.46. The van der Waals surface area contributed by atoms with Crippen LogP contribution in [0.2, 0.25) is 0 Å². The van der Waals surface area contributed by atoms with Gasteiger partial charge < -0.3 is 14.7 Å². The molecule has 1 aliphatic heterocycles. The summed E-state index contributed by atoms with van der Waals surface area (Å²) in [5, 5.41) is 8.79. The smallest absolute Gasteiger partial charge is 0.332 e. The molecule has 0 spiro atoms. The minimum absolute atomic E-state index is 0.109. The third-order valence-electron chi connectivity index (χ3n) is 2.83. The van der Waals surface area contributed by atoms with Crippen LogP contribution in [-0.2, 0) is 9.53 Å². The van der Waals surface area contributed by atoms with Crippen molar-refractivity contribution in [1.82, 2.24) is 4.90 Å². The quantitative estimate of drug-likeness (QED) is 0.726. The molecule has 0 aliphatic carbocycles. The highest BCUT2D eigenvalue weighted by Gasteiger charge is 2.30. The van der Waals surface area contributed by atoms with Gasteiger partial charge in [0.05, 0.1) is 6.10 Å². The van der Waals surface area contributed by atoms with Crippen LogP contribution in [0.4, 0.5) is 0 Å². The Balaban J connectivity index is 2.30. The first-order chi connectivity index (χ1) is 7.17. The van der Waals surface area contributed by atoms with E-state index in [9.17, 15) is 4.79 Å². The Hall–Kier alpha value is -0.610. The fourth-order valence-electron chi connectivity index (χ4n) is 2.00. The number of rotatable bonds is 6. The standard InChI is InChI=1S/C11H21NO3/c1-3-7-12(4-2)8-9-5-6-10(15-9)11(13)14/h9-10H,3-8H2,1-2H3,(H,13,14)/t9-,10+/m0/s1. The molecule has 1 aliphatic rings. The number of nitrogens with zero attached hydrogens (tertiary/aromatic N) is 1. The van der Waals surface area contributed by atoms with E-state index < -0.39 is 12.1 Å². The van der Waals surface area contributed by atoms with Crippen molar-refractivity contribution in [2.24, 2.45) is 0 Å². The summed E-state index contributed by atoms with van der Waals surface area (Å²) >= 11 is 0. The monoisotopic (exact) mass is 215 g/mol. The van der Waals surface area contributed by atoms with Crippen LogP contribution in [0.25, 0.3) is 0 Å². The highest BCUT2D eigenvalue weighted by Crippen LogP contribution is 2.20. The second kappa shape index (κ2) is 6.08. The van der Waals surface area contributed by atoms with Gasteiger partial charge in [-0.3, -0.25) is 0 Å². The van der Waals surface area contributed by atoms with Crippen molar-refractivity contribution >= 4 is 5.97 Å². The minimum Gasteiger partial charge on any atom is -0.479 e. The zero-order valence-electron chi connectivity index (χ0n) is 9.61. The number of ether oxygens (including phenoxy) is 1. The molecule has 0 aromatic rings. The fraction of sp³-hybridized carbons (Fsp3) is 0.909. The van der Waals surface area contributed by atoms with Gasteiger partial charge >= 0.3 is 5.97 Å². The number of carboxylic acid groups (broad SMARTS) is 1. The molecule has 0 unspecified atom stereocenters. The van der Waals surface area contributed by atoms with Gasteiger partial charge in [-0.15, -0.1) is 0 Å². The molecule has 88 valence electrons. The molecule has 0 amide bonds. The number of likely N-dealkylation sites (N-methyl/N-ethyl adjacent to an activating group) is 1. The number of hydrogen-bond acceptors (Lipinski definition) is 3. The van der Waals surface area contributed by atoms with Crippen molar-refractivity contribution in [3.05, 3.63) is 0 Å². The molecule has 0 bridgehead atoms. The molecule has 0 radical (unpaired) electrons. The topological polar surface area (TPSA) is 49.8 Å². The predicted octanol–water partition coefficient (Wildman–Crippen LogP) is 1.35. The average molecular weight is 215 g/mol. The Kier molecular flexibility index (Phi) is 5.05. The lowest BCUT2D eigenvalue weighted by Crippen LogP contribution is -2.33. The maximum absolute atomic E-state index is 10.7. The van der Waals surface area contributed by atoms with Crippen LogP contribution in [0.3, 0.4) is 0 Å². The molecule has 1 N–H and O–H groups in total. The first-order valence-electron chi connectivity index (χ1n) is 5.78. The van der Waals surface area contributed by atoms with E-state index in [1.54, 1.807) is 0 Å². The Labute approximate surface area is 91.2 Å². The van der Waals surface area contributed by atoms with E-state index in [2.05, 4.69) is 18.7 Å². The van der Waals surface area contributed by atoms with Crippen LogP contribution in [0.1, 0.15) is 33.1 Å². The predicted molar refractivity (Wildman–Crippen MR) is 57.9 cm³/mol. The molecule has 2 atom stereocenters. The SMILES string of the molecule is CCCN(CC)C[C@@H]1CC[C@H](C(=O)O)O1. The maximum Gasteiger partial charge on any atom is 0.332 e. The van der Waals surface area contributed by atoms with Gasteiger partial charge in [0, 0.05) is 6.54 Å². The first kappa shape index (κ1) is 12.5. The highest BCUT2D eigenvalue weighted by atomic mass is 16.5. The van der Waals surface area contributed by atoms with Gasteiger partial charge in [-0.05, 0) is 32.4 Å². The summed E-state index contributed by atoms with van der Waals surface area (Å²) in [6.07, 6.45) is 2.19.